The fraction of sp³-hybridized carbons (Fsp3) is 0.562. The second-order valence-corrected chi connectivity index (χ2v) is 7.87. The van der Waals surface area contributed by atoms with Crippen LogP contribution in [0.25, 0.3) is 0 Å². The van der Waals surface area contributed by atoms with Crippen molar-refractivity contribution in [2.75, 3.05) is 15.8 Å². The van der Waals surface area contributed by atoms with E-state index in [9.17, 15) is 13.2 Å². The van der Waals surface area contributed by atoms with E-state index in [-0.39, 0.29) is 17.7 Å². The summed E-state index contributed by atoms with van der Waals surface area (Å²) < 4.78 is 26.0. The van der Waals surface area contributed by atoms with E-state index in [1.165, 1.54) is 0 Å². The highest BCUT2D eigenvalue weighted by Gasteiger charge is 2.25. The Morgan fingerprint density at radius 3 is 2.22 bits per heavy atom. The van der Waals surface area contributed by atoms with Gasteiger partial charge in [-0.05, 0) is 56.4 Å². The number of hydrogen-bond donors (Lipinski definition) is 3. The zero-order valence-electron chi connectivity index (χ0n) is 13.3. The van der Waals surface area contributed by atoms with E-state index in [0.717, 1.165) is 18.5 Å². The first-order chi connectivity index (χ1) is 10.9. The molecule has 0 bridgehead atoms. The fourth-order valence-corrected chi connectivity index (χ4v) is 3.99. The second-order valence-electron chi connectivity index (χ2n) is 6.03. The zero-order chi connectivity index (χ0) is 16.9. The standard InChI is InChI=1S/C16H24N2O4S/c1-2-11-23(21,22)18-15-9-7-14(8-10-15)17-13-5-3-12(4-6-13)16(19)20/h7-10,12-13,17-18H,2-6,11H2,1H3,(H,19,20). The van der Waals surface area contributed by atoms with E-state index >= 15 is 0 Å². The van der Waals surface area contributed by atoms with Crippen molar-refractivity contribution >= 4 is 27.4 Å². The number of aliphatic carboxylic acids is 1. The van der Waals surface area contributed by atoms with Gasteiger partial charge in [0.1, 0.15) is 0 Å². The van der Waals surface area contributed by atoms with E-state index in [4.69, 9.17) is 5.11 Å². The number of rotatable bonds is 7. The predicted molar refractivity (Wildman–Crippen MR) is 91.1 cm³/mol. The Morgan fingerprint density at radius 2 is 1.70 bits per heavy atom. The van der Waals surface area contributed by atoms with Crippen LogP contribution in [0.3, 0.4) is 0 Å². The van der Waals surface area contributed by atoms with Gasteiger partial charge in [-0.25, -0.2) is 8.42 Å². The number of hydrogen-bond acceptors (Lipinski definition) is 4. The van der Waals surface area contributed by atoms with Crippen LogP contribution in [-0.2, 0) is 14.8 Å². The van der Waals surface area contributed by atoms with Crippen LogP contribution in [0, 0.1) is 5.92 Å². The van der Waals surface area contributed by atoms with Gasteiger partial charge in [-0.1, -0.05) is 6.92 Å². The molecule has 2 rings (SSSR count). The zero-order valence-corrected chi connectivity index (χ0v) is 14.1. The number of anilines is 2. The molecule has 1 aliphatic carbocycles. The minimum absolute atomic E-state index is 0.111. The highest BCUT2D eigenvalue weighted by atomic mass is 32.2. The monoisotopic (exact) mass is 340 g/mol. The lowest BCUT2D eigenvalue weighted by atomic mass is 9.86. The predicted octanol–water partition coefficient (Wildman–Crippen LogP) is 2.89. The highest BCUT2D eigenvalue weighted by molar-refractivity contribution is 7.92. The van der Waals surface area contributed by atoms with Gasteiger partial charge in [0, 0.05) is 17.4 Å². The number of carboxylic acids is 1. The van der Waals surface area contributed by atoms with Crippen molar-refractivity contribution in [1.29, 1.82) is 0 Å². The second kappa shape index (κ2) is 7.68. The summed E-state index contributed by atoms with van der Waals surface area (Å²) in [6.07, 6.45) is 3.64. The van der Waals surface area contributed by atoms with Gasteiger partial charge < -0.3 is 10.4 Å². The summed E-state index contributed by atoms with van der Waals surface area (Å²) in [6.45, 7) is 1.82. The van der Waals surface area contributed by atoms with Crippen LogP contribution in [0.4, 0.5) is 11.4 Å². The quantitative estimate of drug-likeness (QED) is 0.709. The molecule has 0 atom stereocenters. The van der Waals surface area contributed by atoms with Gasteiger partial charge >= 0.3 is 5.97 Å². The van der Waals surface area contributed by atoms with Crippen molar-refractivity contribution in [3.63, 3.8) is 0 Å². The molecular weight excluding hydrogens is 316 g/mol. The summed E-state index contributed by atoms with van der Waals surface area (Å²) in [5.41, 5.74) is 1.47. The first kappa shape index (κ1) is 17.6. The smallest absolute Gasteiger partial charge is 0.306 e. The molecule has 1 saturated carbocycles. The molecular formula is C16H24N2O4S. The number of nitrogens with one attached hydrogen (secondary N) is 2. The van der Waals surface area contributed by atoms with Gasteiger partial charge in [-0.2, -0.15) is 0 Å². The first-order valence-corrected chi connectivity index (χ1v) is 9.64. The molecule has 0 aliphatic heterocycles. The molecule has 0 unspecified atom stereocenters. The summed E-state index contributed by atoms with van der Waals surface area (Å²) >= 11 is 0. The molecule has 23 heavy (non-hydrogen) atoms. The molecule has 0 radical (unpaired) electrons. The van der Waals surface area contributed by atoms with Gasteiger partial charge in [0.05, 0.1) is 11.7 Å². The van der Waals surface area contributed by atoms with Crippen LogP contribution in [0.1, 0.15) is 39.0 Å². The number of sulfonamides is 1. The molecule has 0 heterocycles. The lowest BCUT2D eigenvalue weighted by Gasteiger charge is -2.27. The van der Waals surface area contributed by atoms with E-state index in [1.807, 2.05) is 19.1 Å². The molecule has 128 valence electrons. The van der Waals surface area contributed by atoms with Crippen LogP contribution in [0.2, 0.25) is 0 Å². The van der Waals surface area contributed by atoms with Crippen molar-refractivity contribution < 1.29 is 18.3 Å². The van der Waals surface area contributed by atoms with Crippen LogP contribution < -0.4 is 10.0 Å². The number of benzene rings is 1. The van der Waals surface area contributed by atoms with Crippen LogP contribution in [-0.4, -0.2) is 31.3 Å². The third kappa shape index (κ3) is 5.42. The molecule has 1 aromatic rings. The molecule has 1 fully saturated rings. The lowest BCUT2D eigenvalue weighted by molar-refractivity contribution is -0.142. The Bertz CT molecular complexity index is 620. The molecule has 3 N–H and O–H groups in total. The molecule has 1 aromatic carbocycles. The van der Waals surface area contributed by atoms with Gasteiger partial charge in [0.2, 0.25) is 10.0 Å². The maximum Gasteiger partial charge on any atom is 0.306 e. The van der Waals surface area contributed by atoms with Crippen molar-refractivity contribution in [3.8, 4) is 0 Å². The van der Waals surface area contributed by atoms with Crippen LogP contribution in [0.15, 0.2) is 24.3 Å². The summed E-state index contributed by atoms with van der Waals surface area (Å²) in [5, 5.41) is 12.4. The van der Waals surface area contributed by atoms with Crippen molar-refractivity contribution in [3.05, 3.63) is 24.3 Å². The lowest BCUT2D eigenvalue weighted by Crippen LogP contribution is -2.29. The third-order valence-electron chi connectivity index (χ3n) is 4.08. The topological polar surface area (TPSA) is 95.5 Å². The molecule has 1 aliphatic rings. The van der Waals surface area contributed by atoms with E-state index < -0.39 is 16.0 Å². The Labute approximate surface area is 137 Å². The Hall–Kier alpha value is -1.76. The molecule has 7 heteroatoms. The average molecular weight is 340 g/mol. The molecule has 0 saturated heterocycles. The van der Waals surface area contributed by atoms with Crippen molar-refractivity contribution in [2.24, 2.45) is 5.92 Å². The fourth-order valence-electron chi connectivity index (χ4n) is 2.85. The highest BCUT2D eigenvalue weighted by Crippen LogP contribution is 2.27. The normalized spacial score (nSPS) is 21.6. The minimum atomic E-state index is -3.27. The Balaban J connectivity index is 1.87. The van der Waals surface area contributed by atoms with E-state index in [1.54, 1.807) is 12.1 Å². The first-order valence-electron chi connectivity index (χ1n) is 7.99. The van der Waals surface area contributed by atoms with Crippen LogP contribution >= 0.6 is 0 Å². The molecule has 0 aromatic heterocycles. The maximum atomic E-state index is 11.7. The van der Waals surface area contributed by atoms with Crippen molar-refractivity contribution in [1.82, 2.24) is 0 Å². The summed E-state index contributed by atoms with van der Waals surface area (Å²) in [4.78, 5) is 10.9. The van der Waals surface area contributed by atoms with Gasteiger partial charge in [0.15, 0.2) is 0 Å². The summed E-state index contributed by atoms with van der Waals surface area (Å²) in [7, 11) is -3.27. The summed E-state index contributed by atoms with van der Waals surface area (Å²) in [5.74, 6) is -0.810. The average Bonchev–Trinajstić information content (AvgIpc) is 2.49. The third-order valence-corrected chi connectivity index (χ3v) is 5.57. The largest absolute Gasteiger partial charge is 0.481 e. The van der Waals surface area contributed by atoms with E-state index in [2.05, 4.69) is 10.0 Å². The Morgan fingerprint density at radius 1 is 1.13 bits per heavy atom. The van der Waals surface area contributed by atoms with Crippen molar-refractivity contribution in [2.45, 2.75) is 45.1 Å². The molecule has 6 nitrogen and oxygen atoms in total. The van der Waals surface area contributed by atoms with Gasteiger partial charge in [-0.3, -0.25) is 9.52 Å². The van der Waals surface area contributed by atoms with Gasteiger partial charge in [0.25, 0.3) is 0 Å². The molecule has 0 spiro atoms. The van der Waals surface area contributed by atoms with Crippen LogP contribution in [0.5, 0.6) is 0 Å². The molecule has 0 amide bonds. The number of carbonyl (C=O) groups is 1. The SMILES string of the molecule is CCCS(=O)(=O)Nc1ccc(NC2CCC(C(=O)O)CC2)cc1. The van der Waals surface area contributed by atoms with Gasteiger partial charge in [-0.15, -0.1) is 0 Å². The maximum absolute atomic E-state index is 11.7. The summed E-state index contributed by atoms with van der Waals surface area (Å²) in [6, 6.07) is 7.42. The Kier molecular flexibility index (Phi) is 5.87. The number of carboxylic acid groups (broad SMARTS) is 1. The minimum Gasteiger partial charge on any atom is -0.481 e. The van der Waals surface area contributed by atoms with E-state index in [0.29, 0.717) is 24.9 Å².